The fourth-order valence-electron chi connectivity index (χ4n) is 3.49. The summed E-state index contributed by atoms with van der Waals surface area (Å²) in [4.78, 5) is 4.92. The molecule has 3 nitrogen and oxygen atoms in total. The molecule has 0 amide bonds. The molecule has 0 bridgehead atoms. The van der Waals surface area contributed by atoms with Gasteiger partial charge in [0.1, 0.15) is 0 Å². The van der Waals surface area contributed by atoms with Gasteiger partial charge in [0.05, 0.1) is 10.7 Å². The molecule has 0 atom stereocenters. The molecule has 2 fully saturated rings. The van der Waals surface area contributed by atoms with Gasteiger partial charge in [0.15, 0.2) is 5.11 Å². The number of nitrogens with zero attached hydrogens (tertiary/aromatic N) is 2. The van der Waals surface area contributed by atoms with Crippen LogP contribution in [0.2, 0.25) is 5.02 Å². The molecule has 3 rings (SSSR count). The first-order valence-electron chi connectivity index (χ1n) is 8.28. The van der Waals surface area contributed by atoms with Crippen LogP contribution in [0.1, 0.15) is 32.1 Å². The number of piperazine rings is 1. The van der Waals surface area contributed by atoms with Gasteiger partial charge in [-0.05, 0) is 37.2 Å². The molecule has 1 aromatic carbocycles. The molecule has 1 saturated carbocycles. The van der Waals surface area contributed by atoms with Crippen LogP contribution >= 0.6 is 23.8 Å². The molecule has 1 saturated heterocycles. The molecule has 0 spiro atoms. The van der Waals surface area contributed by atoms with E-state index in [0.29, 0.717) is 5.02 Å². The third kappa shape index (κ3) is 3.92. The van der Waals surface area contributed by atoms with Crippen molar-refractivity contribution in [3.8, 4) is 0 Å². The highest BCUT2D eigenvalue weighted by Gasteiger charge is 2.26. The van der Waals surface area contributed by atoms with Crippen LogP contribution in [0, 0.1) is 0 Å². The number of benzene rings is 1. The van der Waals surface area contributed by atoms with Crippen molar-refractivity contribution in [2.24, 2.45) is 0 Å². The zero-order chi connectivity index (χ0) is 15.4. The molecule has 1 N–H and O–H groups in total. The van der Waals surface area contributed by atoms with E-state index < -0.39 is 0 Å². The molecule has 5 heteroatoms. The van der Waals surface area contributed by atoms with Gasteiger partial charge in [-0.3, -0.25) is 4.90 Å². The van der Waals surface area contributed by atoms with E-state index in [9.17, 15) is 0 Å². The third-order valence-electron chi connectivity index (χ3n) is 4.81. The number of anilines is 1. The van der Waals surface area contributed by atoms with Crippen LogP contribution in [0.25, 0.3) is 0 Å². The van der Waals surface area contributed by atoms with Crippen molar-refractivity contribution in [2.75, 3.05) is 31.5 Å². The summed E-state index contributed by atoms with van der Waals surface area (Å²) in [6.45, 7) is 4.25. The SMILES string of the molecule is S=C(Nc1ccccc1Cl)N1CCN(C2CCCCC2)CC1. The van der Waals surface area contributed by atoms with Crippen LogP contribution in [0.4, 0.5) is 5.69 Å². The predicted molar refractivity (Wildman–Crippen MR) is 97.7 cm³/mol. The predicted octanol–water partition coefficient (Wildman–Crippen LogP) is 3.99. The summed E-state index contributed by atoms with van der Waals surface area (Å²) >= 11 is 11.7. The van der Waals surface area contributed by atoms with Gasteiger partial charge in [-0.15, -0.1) is 0 Å². The Morgan fingerprint density at radius 2 is 1.73 bits per heavy atom. The average Bonchev–Trinajstić information content (AvgIpc) is 2.58. The van der Waals surface area contributed by atoms with Gasteiger partial charge >= 0.3 is 0 Å². The van der Waals surface area contributed by atoms with Gasteiger partial charge in [-0.1, -0.05) is 43.0 Å². The topological polar surface area (TPSA) is 18.5 Å². The highest BCUT2D eigenvalue weighted by Crippen LogP contribution is 2.24. The van der Waals surface area contributed by atoms with Crippen LogP contribution in [-0.2, 0) is 0 Å². The fourth-order valence-corrected chi connectivity index (χ4v) is 3.97. The van der Waals surface area contributed by atoms with Crippen molar-refractivity contribution in [1.29, 1.82) is 0 Å². The standard InChI is InChI=1S/C17H24ClN3S/c18-15-8-4-5-9-16(15)19-17(22)21-12-10-20(11-13-21)14-6-2-1-3-7-14/h4-5,8-9,14H,1-3,6-7,10-13H2,(H,19,22). The van der Waals surface area contributed by atoms with E-state index in [-0.39, 0.29) is 0 Å². The van der Waals surface area contributed by atoms with Crippen molar-refractivity contribution in [2.45, 2.75) is 38.1 Å². The third-order valence-corrected chi connectivity index (χ3v) is 5.50. The number of halogens is 1. The first-order chi connectivity index (χ1) is 10.7. The first kappa shape index (κ1) is 16.0. The van der Waals surface area contributed by atoms with E-state index in [1.807, 2.05) is 24.3 Å². The monoisotopic (exact) mass is 337 g/mol. The maximum absolute atomic E-state index is 6.18. The Hall–Kier alpha value is -0.840. The van der Waals surface area contributed by atoms with E-state index in [4.69, 9.17) is 23.8 Å². The molecule has 1 aliphatic heterocycles. The quantitative estimate of drug-likeness (QED) is 0.822. The normalized spacial score (nSPS) is 20.9. The summed E-state index contributed by atoms with van der Waals surface area (Å²) in [6, 6.07) is 8.55. The maximum Gasteiger partial charge on any atom is 0.173 e. The Morgan fingerprint density at radius 1 is 1.05 bits per heavy atom. The summed E-state index contributed by atoms with van der Waals surface area (Å²) in [5.74, 6) is 0. The van der Waals surface area contributed by atoms with Gasteiger partial charge in [0.25, 0.3) is 0 Å². The Morgan fingerprint density at radius 3 is 2.41 bits per heavy atom. The largest absolute Gasteiger partial charge is 0.346 e. The van der Waals surface area contributed by atoms with E-state index in [2.05, 4.69) is 15.1 Å². The van der Waals surface area contributed by atoms with Gasteiger partial charge in [-0.25, -0.2) is 0 Å². The summed E-state index contributed by atoms with van der Waals surface area (Å²) in [5.41, 5.74) is 0.892. The molecule has 0 radical (unpaired) electrons. The van der Waals surface area contributed by atoms with Crippen LogP contribution in [-0.4, -0.2) is 47.1 Å². The molecule has 1 aliphatic carbocycles. The van der Waals surface area contributed by atoms with E-state index in [1.54, 1.807) is 0 Å². The van der Waals surface area contributed by atoms with Gasteiger partial charge in [0.2, 0.25) is 0 Å². The highest BCUT2D eigenvalue weighted by atomic mass is 35.5. The fraction of sp³-hybridized carbons (Fsp3) is 0.588. The van der Waals surface area contributed by atoms with Crippen LogP contribution in [0.5, 0.6) is 0 Å². The van der Waals surface area contributed by atoms with Crippen molar-refractivity contribution in [3.05, 3.63) is 29.3 Å². The van der Waals surface area contributed by atoms with Gasteiger partial charge in [-0.2, -0.15) is 0 Å². The Balaban J connectivity index is 1.50. The second-order valence-electron chi connectivity index (χ2n) is 6.22. The lowest BCUT2D eigenvalue weighted by Gasteiger charge is -2.41. The molecule has 0 aromatic heterocycles. The van der Waals surface area contributed by atoms with Crippen molar-refractivity contribution < 1.29 is 0 Å². The molecule has 1 aromatic rings. The first-order valence-corrected chi connectivity index (χ1v) is 9.07. The molecule has 1 heterocycles. The summed E-state index contributed by atoms with van der Waals surface area (Å²) < 4.78 is 0. The lowest BCUT2D eigenvalue weighted by Crippen LogP contribution is -2.53. The highest BCUT2D eigenvalue weighted by molar-refractivity contribution is 7.80. The molecular weight excluding hydrogens is 314 g/mol. The van der Waals surface area contributed by atoms with Crippen LogP contribution < -0.4 is 5.32 Å². The smallest absolute Gasteiger partial charge is 0.173 e. The zero-order valence-electron chi connectivity index (χ0n) is 12.9. The van der Waals surface area contributed by atoms with E-state index in [1.165, 1.54) is 32.1 Å². The van der Waals surface area contributed by atoms with Crippen molar-refractivity contribution >= 4 is 34.6 Å². The van der Waals surface area contributed by atoms with Gasteiger partial charge < -0.3 is 10.2 Å². The van der Waals surface area contributed by atoms with Crippen molar-refractivity contribution in [3.63, 3.8) is 0 Å². The van der Waals surface area contributed by atoms with E-state index >= 15 is 0 Å². The second-order valence-corrected chi connectivity index (χ2v) is 7.02. The Bertz CT molecular complexity index is 508. The molecular formula is C17H24ClN3S. The average molecular weight is 338 g/mol. The van der Waals surface area contributed by atoms with Crippen LogP contribution in [0.15, 0.2) is 24.3 Å². The lowest BCUT2D eigenvalue weighted by molar-refractivity contribution is 0.108. The minimum Gasteiger partial charge on any atom is -0.346 e. The van der Waals surface area contributed by atoms with Gasteiger partial charge in [0, 0.05) is 32.2 Å². The lowest BCUT2D eigenvalue weighted by atomic mass is 9.94. The molecule has 120 valence electrons. The molecule has 22 heavy (non-hydrogen) atoms. The second kappa shape index (κ2) is 7.62. The number of hydrogen-bond donors (Lipinski definition) is 1. The minimum atomic E-state index is 0.714. The summed E-state index contributed by atoms with van der Waals surface area (Å²) in [7, 11) is 0. The number of para-hydroxylation sites is 1. The number of rotatable bonds is 2. The molecule has 2 aliphatic rings. The molecule has 0 unspecified atom stereocenters. The van der Waals surface area contributed by atoms with Crippen LogP contribution in [0.3, 0.4) is 0 Å². The summed E-state index contributed by atoms with van der Waals surface area (Å²) in [6.07, 6.45) is 6.97. The minimum absolute atomic E-state index is 0.714. The number of nitrogens with one attached hydrogen (secondary N) is 1. The zero-order valence-corrected chi connectivity index (χ0v) is 14.5. The Kier molecular flexibility index (Phi) is 5.55. The maximum atomic E-state index is 6.18. The van der Waals surface area contributed by atoms with Crippen molar-refractivity contribution in [1.82, 2.24) is 9.80 Å². The number of thiocarbonyl (C=S) groups is 1. The number of hydrogen-bond acceptors (Lipinski definition) is 2. The van der Waals surface area contributed by atoms with E-state index in [0.717, 1.165) is 43.0 Å². The summed E-state index contributed by atoms with van der Waals surface area (Å²) in [5, 5.41) is 4.78. The Labute approximate surface area is 143 Å².